The SMILES string of the molecule is CSc1ccc(-c2cc(Cl)cnc2OS(=O)(=O)C(F)(F)F)cc1. The number of benzene rings is 1. The van der Waals surface area contributed by atoms with Gasteiger partial charge in [-0.2, -0.15) is 21.6 Å². The van der Waals surface area contributed by atoms with Gasteiger partial charge in [0.2, 0.25) is 5.88 Å². The highest BCUT2D eigenvalue weighted by Crippen LogP contribution is 2.34. The maximum absolute atomic E-state index is 12.5. The Morgan fingerprint density at radius 2 is 1.83 bits per heavy atom. The first-order valence-electron chi connectivity index (χ1n) is 5.95. The van der Waals surface area contributed by atoms with Crippen molar-refractivity contribution in [1.29, 1.82) is 0 Å². The summed E-state index contributed by atoms with van der Waals surface area (Å²) < 4.78 is 63.9. The molecule has 0 spiro atoms. The van der Waals surface area contributed by atoms with E-state index in [1.807, 2.05) is 6.26 Å². The lowest BCUT2D eigenvalue weighted by Crippen LogP contribution is -2.28. The van der Waals surface area contributed by atoms with Gasteiger partial charge in [-0.1, -0.05) is 23.7 Å². The largest absolute Gasteiger partial charge is 0.534 e. The van der Waals surface area contributed by atoms with Gasteiger partial charge in [-0.15, -0.1) is 11.8 Å². The van der Waals surface area contributed by atoms with Crippen LogP contribution in [0.25, 0.3) is 11.1 Å². The number of alkyl halides is 3. The lowest BCUT2D eigenvalue weighted by molar-refractivity contribution is -0.0501. The van der Waals surface area contributed by atoms with E-state index in [0.717, 1.165) is 11.1 Å². The first kappa shape index (κ1) is 17.9. The van der Waals surface area contributed by atoms with Crippen LogP contribution in [-0.2, 0) is 10.1 Å². The van der Waals surface area contributed by atoms with Crippen LogP contribution in [0.2, 0.25) is 5.02 Å². The third kappa shape index (κ3) is 4.10. The molecule has 0 saturated carbocycles. The summed E-state index contributed by atoms with van der Waals surface area (Å²) in [6, 6.07) is 7.94. The maximum atomic E-state index is 12.5. The molecular weight excluding hydrogens is 375 g/mol. The summed E-state index contributed by atoms with van der Waals surface area (Å²) in [6.45, 7) is 0. The molecule has 0 bridgehead atoms. The Bertz CT molecular complexity index is 808. The van der Waals surface area contributed by atoms with Crippen molar-refractivity contribution in [2.75, 3.05) is 6.26 Å². The highest BCUT2D eigenvalue weighted by molar-refractivity contribution is 7.98. The number of rotatable bonds is 4. The fourth-order valence-corrected chi connectivity index (χ4v) is 2.62. The standard InChI is InChI=1S/C13H9ClF3NO3S2/c1-22-10-4-2-8(3-5-10)11-6-9(14)7-18-12(11)21-23(19,20)13(15,16)17/h2-7H,1H3. The lowest BCUT2D eigenvalue weighted by Gasteiger charge is -2.12. The minimum absolute atomic E-state index is 0.0398. The van der Waals surface area contributed by atoms with Gasteiger partial charge in [0.15, 0.2) is 0 Å². The van der Waals surface area contributed by atoms with E-state index in [0.29, 0.717) is 5.56 Å². The van der Waals surface area contributed by atoms with E-state index in [9.17, 15) is 21.6 Å². The van der Waals surface area contributed by atoms with E-state index in [1.54, 1.807) is 24.3 Å². The van der Waals surface area contributed by atoms with Crippen LogP contribution in [0.15, 0.2) is 41.4 Å². The summed E-state index contributed by atoms with van der Waals surface area (Å²) in [5, 5.41) is 0.130. The Labute approximate surface area is 139 Å². The number of pyridine rings is 1. The molecule has 2 rings (SSSR count). The van der Waals surface area contributed by atoms with Crippen molar-refractivity contribution in [2.45, 2.75) is 10.4 Å². The first-order chi connectivity index (χ1) is 10.6. The molecule has 23 heavy (non-hydrogen) atoms. The van der Waals surface area contributed by atoms with E-state index >= 15 is 0 Å². The molecule has 0 fully saturated rings. The van der Waals surface area contributed by atoms with Gasteiger partial charge in [-0.3, -0.25) is 0 Å². The van der Waals surface area contributed by atoms with Crippen molar-refractivity contribution < 1.29 is 25.8 Å². The van der Waals surface area contributed by atoms with Crippen LogP contribution in [0.4, 0.5) is 13.2 Å². The summed E-state index contributed by atoms with van der Waals surface area (Å²) in [6.07, 6.45) is 2.86. The van der Waals surface area contributed by atoms with Gasteiger partial charge in [0.1, 0.15) is 0 Å². The molecule has 0 N–H and O–H groups in total. The minimum atomic E-state index is -5.82. The molecule has 124 valence electrons. The quantitative estimate of drug-likeness (QED) is 0.446. The van der Waals surface area contributed by atoms with Gasteiger partial charge < -0.3 is 4.18 Å². The molecule has 0 aliphatic heterocycles. The zero-order valence-corrected chi connectivity index (χ0v) is 13.9. The molecule has 4 nitrogen and oxygen atoms in total. The van der Waals surface area contributed by atoms with E-state index in [-0.39, 0.29) is 10.6 Å². The van der Waals surface area contributed by atoms with Crippen molar-refractivity contribution in [2.24, 2.45) is 0 Å². The van der Waals surface area contributed by atoms with Crippen molar-refractivity contribution in [3.05, 3.63) is 41.6 Å². The van der Waals surface area contributed by atoms with E-state index in [4.69, 9.17) is 11.6 Å². The van der Waals surface area contributed by atoms with Crippen LogP contribution in [0.5, 0.6) is 5.88 Å². The van der Waals surface area contributed by atoms with E-state index in [2.05, 4.69) is 9.17 Å². The molecule has 0 aliphatic carbocycles. The predicted octanol–water partition coefficient (Wildman–Crippen LogP) is 4.35. The second-order valence-electron chi connectivity index (χ2n) is 4.22. The van der Waals surface area contributed by atoms with Crippen molar-refractivity contribution in [3.8, 4) is 17.0 Å². The topological polar surface area (TPSA) is 56.3 Å². The maximum Gasteiger partial charge on any atom is 0.534 e. The molecule has 0 aliphatic rings. The van der Waals surface area contributed by atoms with Crippen molar-refractivity contribution in [3.63, 3.8) is 0 Å². The molecule has 0 unspecified atom stereocenters. The Morgan fingerprint density at radius 1 is 1.22 bits per heavy atom. The molecule has 1 aromatic heterocycles. The molecule has 1 aromatic carbocycles. The van der Waals surface area contributed by atoms with Gasteiger partial charge in [0.05, 0.1) is 5.02 Å². The minimum Gasteiger partial charge on any atom is -0.355 e. The normalized spacial score (nSPS) is 12.2. The summed E-state index contributed by atoms with van der Waals surface area (Å²) >= 11 is 7.27. The highest BCUT2D eigenvalue weighted by Gasteiger charge is 2.49. The van der Waals surface area contributed by atoms with Crippen molar-refractivity contribution in [1.82, 2.24) is 4.98 Å². The van der Waals surface area contributed by atoms with Gasteiger partial charge in [-0.25, -0.2) is 4.98 Å². The van der Waals surface area contributed by atoms with Crippen LogP contribution < -0.4 is 4.18 Å². The number of aromatic nitrogens is 1. The van der Waals surface area contributed by atoms with Gasteiger partial charge >= 0.3 is 15.6 Å². The third-order valence-electron chi connectivity index (χ3n) is 2.69. The number of halogens is 4. The molecule has 10 heteroatoms. The number of hydrogen-bond acceptors (Lipinski definition) is 5. The molecule has 2 aromatic rings. The monoisotopic (exact) mass is 383 g/mol. The number of nitrogens with zero attached hydrogens (tertiary/aromatic N) is 1. The fraction of sp³-hybridized carbons (Fsp3) is 0.154. The van der Waals surface area contributed by atoms with Crippen LogP contribution >= 0.6 is 23.4 Å². The lowest BCUT2D eigenvalue weighted by atomic mass is 10.1. The second-order valence-corrected chi connectivity index (χ2v) is 7.07. The summed E-state index contributed by atoms with van der Waals surface area (Å²) in [5.74, 6) is -0.691. The van der Waals surface area contributed by atoms with Crippen LogP contribution in [0.1, 0.15) is 0 Å². The molecule has 1 heterocycles. The average molecular weight is 384 g/mol. The molecule has 0 saturated heterocycles. The van der Waals surface area contributed by atoms with Crippen LogP contribution in [0, 0.1) is 0 Å². The Morgan fingerprint density at radius 3 is 2.35 bits per heavy atom. The Kier molecular flexibility index (Phi) is 5.12. The highest BCUT2D eigenvalue weighted by atomic mass is 35.5. The summed E-state index contributed by atoms with van der Waals surface area (Å²) in [7, 11) is -5.82. The zero-order valence-electron chi connectivity index (χ0n) is 11.5. The Hall–Kier alpha value is -1.45. The second kappa shape index (κ2) is 6.58. The molecule has 0 radical (unpaired) electrons. The van der Waals surface area contributed by atoms with Crippen LogP contribution in [0.3, 0.4) is 0 Å². The van der Waals surface area contributed by atoms with E-state index < -0.39 is 21.5 Å². The number of thioether (sulfide) groups is 1. The van der Waals surface area contributed by atoms with Crippen LogP contribution in [-0.4, -0.2) is 25.2 Å². The summed E-state index contributed by atoms with van der Waals surface area (Å²) in [4.78, 5) is 4.48. The Balaban J connectivity index is 2.49. The summed E-state index contributed by atoms with van der Waals surface area (Å²) in [5.41, 5.74) is -5.09. The molecule has 0 atom stereocenters. The van der Waals surface area contributed by atoms with Gasteiger partial charge in [0, 0.05) is 16.7 Å². The third-order valence-corrected chi connectivity index (χ3v) is 4.59. The fourth-order valence-electron chi connectivity index (χ4n) is 1.62. The van der Waals surface area contributed by atoms with E-state index in [1.165, 1.54) is 17.8 Å². The molecular formula is C13H9ClF3NO3S2. The van der Waals surface area contributed by atoms with Gasteiger partial charge in [-0.05, 0) is 30.0 Å². The molecule has 0 amide bonds. The van der Waals surface area contributed by atoms with Crippen molar-refractivity contribution >= 4 is 33.5 Å². The number of hydrogen-bond donors (Lipinski definition) is 0. The predicted molar refractivity (Wildman–Crippen MR) is 82.1 cm³/mol. The smallest absolute Gasteiger partial charge is 0.355 e. The average Bonchev–Trinajstić information content (AvgIpc) is 2.48. The first-order valence-corrected chi connectivity index (χ1v) is 8.96. The zero-order chi connectivity index (χ0) is 17.3. The van der Waals surface area contributed by atoms with Gasteiger partial charge in [0.25, 0.3) is 0 Å².